The van der Waals surface area contributed by atoms with Crippen molar-refractivity contribution in [1.29, 1.82) is 0 Å². The fraction of sp³-hybridized carbons (Fsp3) is 0.167. The lowest BCUT2D eigenvalue weighted by Crippen LogP contribution is -2.34. The summed E-state index contributed by atoms with van der Waals surface area (Å²) in [5.74, 6) is -0.561. The van der Waals surface area contributed by atoms with Gasteiger partial charge in [-0.1, -0.05) is 0 Å². The first-order valence-electron chi connectivity index (χ1n) is 10.1. The van der Waals surface area contributed by atoms with Crippen LogP contribution in [-0.4, -0.2) is 43.1 Å². The number of amides is 2. The van der Waals surface area contributed by atoms with Crippen LogP contribution in [0.3, 0.4) is 0 Å². The van der Waals surface area contributed by atoms with Gasteiger partial charge in [-0.2, -0.15) is 0 Å². The highest BCUT2D eigenvalue weighted by molar-refractivity contribution is 6.05. The monoisotopic (exact) mass is 449 g/mol. The molecule has 0 fully saturated rings. The third kappa shape index (κ3) is 6.54. The van der Waals surface area contributed by atoms with E-state index in [9.17, 15) is 14.4 Å². The summed E-state index contributed by atoms with van der Waals surface area (Å²) in [7, 11) is 1.51. The Morgan fingerprint density at radius 2 is 1.64 bits per heavy atom. The van der Waals surface area contributed by atoms with Crippen molar-refractivity contribution in [3.8, 4) is 11.5 Å². The molecule has 0 aliphatic carbocycles. The Morgan fingerprint density at radius 1 is 0.939 bits per heavy atom. The zero-order valence-electron chi connectivity index (χ0n) is 18.2. The lowest BCUT2D eigenvalue weighted by atomic mass is 10.2. The molecule has 170 valence electrons. The van der Waals surface area contributed by atoms with E-state index in [1.54, 1.807) is 42.5 Å². The van der Waals surface area contributed by atoms with Gasteiger partial charge in [0.05, 0.1) is 13.7 Å². The minimum atomic E-state index is -0.761. The van der Waals surface area contributed by atoms with Gasteiger partial charge in [0.2, 0.25) is 0 Å². The van der Waals surface area contributed by atoms with Crippen LogP contribution in [0.2, 0.25) is 0 Å². The lowest BCUT2D eigenvalue weighted by molar-refractivity contribution is -0.123. The fourth-order valence-electron chi connectivity index (χ4n) is 2.79. The number of carbonyl (C=O) groups excluding carboxylic acids is 3. The molecule has 0 unspecified atom stereocenters. The van der Waals surface area contributed by atoms with Gasteiger partial charge >= 0.3 is 5.97 Å². The first-order valence-corrected chi connectivity index (χ1v) is 10.1. The topological polar surface area (TPSA) is 116 Å². The molecule has 3 aromatic rings. The second-order valence-electron chi connectivity index (χ2n) is 6.66. The fourth-order valence-corrected chi connectivity index (χ4v) is 2.79. The van der Waals surface area contributed by atoms with E-state index in [1.807, 2.05) is 6.92 Å². The average Bonchev–Trinajstić information content (AvgIpc) is 2.84. The summed E-state index contributed by atoms with van der Waals surface area (Å²) < 4.78 is 15.5. The van der Waals surface area contributed by atoms with E-state index < -0.39 is 24.4 Å². The summed E-state index contributed by atoms with van der Waals surface area (Å²) in [6.45, 7) is 1.83. The number of benzene rings is 2. The number of anilines is 2. The van der Waals surface area contributed by atoms with Gasteiger partial charge in [-0.05, 0) is 67.6 Å². The smallest absolute Gasteiger partial charge is 0.342 e. The largest absolute Gasteiger partial charge is 0.497 e. The Bertz CT molecular complexity index is 1110. The highest BCUT2D eigenvalue weighted by Crippen LogP contribution is 2.22. The number of ether oxygens (including phenoxy) is 3. The minimum absolute atomic E-state index is 0.140. The van der Waals surface area contributed by atoms with Crippen molar-refractivity contribution in [3.05, 3.63) is 78.0 Å². The molecule has 9 heteroatoms. The molecule has 2 aromatic carbocycles. The Kier molecular flexibility index (Phi) is 7.96. The number of hydrogen-bond acceptors (Lipinski definition) is 8. The molecule has 0 atom stereocenters. The molecule has 9 nitrogen and oxygen atoms in total. The summed E-state index contributed by atoms with van der Waals surface area (Å²) in [6, 6.07) is 16.5. The van der Waals surface area contributed by atoms with Crippen LogP contribution in [0.15, 0.2) is 66.9 Å². The van der Waals surface area contributed by atoms with Crippen LogP contribution in [0.5, 0.6) is 11.5 Å². The number of imide groups is 1. The molecular formula is C24H23N3O6. The number of nitrogens with zero attached hydrogens (tertiary/aromatic N) is 1. The van der Waals surface area contributed by atoms with E-state index in [0.717, 1.165) is 5.75 Å². The second kappa shape index (κ2) is 11.3. The molecule has 0 spiro atoms. The van der Waals surface area contributed by atoms with Crippen LogP contribution in [0.4, 0.5) is 11.5 Å². The molecule has 0 bridgehead atoms. The van der Waals surface area contributed by atoms with Gasteiger partial charge in [-0.15, -0.1) is 0 Å². The van der Waals surface area contributed by atoms with Crippen LogP contribution < -0.4 is 20.1 Å². The number of rotatable bonds is 9. The molecule has 0 aliphatic heterocycles. The van der Waals surface area contributed by atoms with Gasteiger partial charge in [0, 0.05) is 17.4 Å². The predicted molar refractivity (Wildman–Crippen MR) is 121 cm³/mol. The zero-order valence-corrected chi connectivity index (χ0v) is 18.2. The third-order valence-corrected chi connectivity index (χ3v) is 4.40. The number of carbonyl (C=O) groups is 3. The first kappa shape index (κ1) is 23.3. The number of esters is 1. The summed E-state index contributed by atoms with van der Waals surface area (Å²) in [5, 5.41) is 5.21. The summed E-state index contributed by atoms with van der Waals surface area (Å²) in [6.07, 6.45) is 1.52. The SMILES string of the molecule is CCOc1ccc(Nc2ncccc2C(=O)OCC(=O)NC(=O)c2ccc(OC)cc2)cc1. The van der Waals surface area contributed by atoms with E-state index in [1.165, 1.54) is 31.5 Å². The van der Waals surface area contributed by atoms with Gasteiger partial charge in [-0.3, -0.25) is 14.9 Å². The van der Waals surface area contributed by atoms with Crippen molar-refractivity contribution in [2.24, 2.45) is 0 Å². The molecule has 2 N–H and O–H groups in total. The van der Waals surface area contributed by atoms with Gasteiger partial charge in [0.25, 0.3) is 11.8 Å². The number of pyridine rings is 1. The van der Waals surface area contributed by atoms with Gasteiger partial charge in [0.15, 0.2) is 6.61 Å². The maximum absolute atomic E-state index is 12.5. The quantitative estimate of drug-likeness (QED) is 0.478. The van der Waals surface area contributed by atoms with Crippen molar-refractivity contribution < 1.29 is 28.6 Å². The molecule has 0 radical (unpaired) electrons. The van der Waals surface area contributed by atoms with Crippen LogP contribution in [0.25, 0.3) is 0 Å². The number of aromatic nitrogens is 1. The second-order valence-corrected chi connectivity index (χ2v) is 6.66. The first-order chi connectivity index (χ1) is 16.0. The predicted octanol–water partition coefficient (Wildman–Crippen LogP) is 3.35. The van der Waals surface area contributed by atoms with Gasteiger partial charge in [0.1, 0.15) is 22.9 Å². The zero-order chi connectivity index (χ0) is 23.6. The van der Waals surface area contributed by atoms with Crippen molar-refractivity contribution in [2.45, 2.75) is 6.92 Å². The highest BCUT2D eigenvalue weighted by Gasteiger charge is 2.17. The standard InChI is InChI=1S/C24H23N3O6/c1-3-32-19-12-8-17(9-13-19)26-22-20(5-4-14-25-22)24(30)33-15-21(28)27-23(29)16-6-10-18(31-2)11-7-16/h4-14H,3,15H2,1-2H3,(H,25,26)(H,27,28,29). The maximum atomic E-state index is 12.5. The third-order valence-electron chi connectivity index (χ3n) is 4.40. The van der Waals surface area contributed by atoms with E-state index in [-0.39, 0.29) is 16.9 Å². The molecule has 0 aliphatic rings. The molecule has 33 heavy (non-hydrogen) atoms. The Hall–Kier alpha value is -4.40. The molecule has 1 aromatic heterocycles. The minimum Gasteiger partial charge on any atom is -0.497 e. The van der Waals surface area contributed by atoms with Crippen LogP contribution in [-0.2, 0) is 9.53 Å². The van der Waals surface area contributed by atoms with Crippen molar-refractivity contribution in [3.63, 3.8) is 0 Å². The Balaban J connectivity index is 1.57. The summed E-state index contributed by atoms with van der Waals surface area (Å²) in [4.78, 5) is 40.9. The van der Waals surface area contributed by atoms with E-state index >= 15 is 0 Å². The van der Waals surface area contributed by atoms with Crippen molar-refractivity contribution >= 4 is 29.3 Å². The van der Waals surface area contributed by atoms with Crippen molar-refractivity contribution in [1.82, 2.24) is 10.3 Å². The average molecular weight is 449 g/mol. The molecule has 3 rings (SSSR count). The molecule has 0 saturated heterocycles. The van der Waals surface area contributed by atoms with Gasteiger partial charge in [-0.25, -0.2) is 9.78 Å². The van der Waals surface area contributed by atoms with E-state index in [0.29, 0.717) is 18.0 Å². The molecule has 0 saturated carbocycles. The molecular weight excluding hydrogens is 426 g/mol. The molecule has 1 heterocycles. The summed E-state index contributed by atoms with van der Waals surface area (Å²) >= 11 is 0. The lowest BCUT2D eigenvalue weighted by Gasteiger charge is -2.11. The molecule has 2 amide bonds. The number of nitrogens with one attached hydrogen (secondary N) is 2. The van der Waals surface area contributed by atoms with Crippen LogP contribution in [0, 0.1) is 0 Å². The van der Waals surface area contributed by atoms with Gasteiger partial charge < -0.3 is 19.5 Å². The van der Waals surface area contributed by atoms with Crippen LogP contribution in [0.1, 0.15) is 27.6 Å². The van der Waals surface area contributed by atoms with E-state index in [4.69, 9.17) is 14.2 Å². The summed E-state index contributed by atoms with van der Waals surface area (Å²) in [5.41, 5.74) is 1.10. The Labute approximate surface area is 190 Å². The Morgan fingerprint density at radius 3 is 2.30 bits per heavy atom. The maximum Gasteiger partial charge on any atom is 0.342 e. The van der Waals surface area contributed by atoms with Crippen molar-refractivity contribution in [2.75, 3.05) is 25.6 Å². The highest BCUT2D eigenvalue weighted by atomic mass is 16.5. The number of hydrogen-bond donors (Lipinski definition) is 2. The van der Waals surface area contributed by atoms with E-state index in [2.05, 4.69) is 15.6 Å². The number of methoxy groups -OCH3 is 1. The normalized spacial score (nSPS) is 10.1. The van der Waals surface area contributed by atoms with Crippen LogP contribution >= 0.6 is 0 Å².